The molecule has 2 rings (SSSR count). The van der Waals surface area contributed by atoms with Crippen LogP contribution >= 0.6 is 15.9 Å². The fraction of sp³-hybridized carbons (Fsp3) is 0.300. The molecule has 2 N–H and O–H groups in total. The fourth-order valence-corrected chi connectivity index (χ4v) is 2.14. The zero-order chi connectivity index (χ0) is 10.1. The van der Waals surface area contributed by atoms with Gasteiger partial charge in [0.15, 0.2) is 0 Å². The van der Waals surface area contributed by atoms with Crippen molar-refractivity contribution in [1.82, 2.24) is 9.38 Å². The van der Waals surface area contributed by atoms with Crippen LogP contribution in [-0.2, 0) is 6.42 Å². The maximum Gasteiger partial charge on any atom is 0.139 e. The van der Waals surface area contributed by atoms with Crippen LogP contribution < -0.4 is 5.73 Å². The molecule has 2 aromatic rings. The van der Waals surface area contributed by atoms with Crippen LogP contribution in [0.5, 0.6) is 0 Å². The minimum Gasteiger partial charge on any atom is -0.330 e. The number of halogens is 1. The molecule has 0 atom stereocenters. The van der Waals surface area contributed by atoms with E-state index in [1.165, 1.54) is 5.56 Å². The van der Waals surface area contributed by atoms with Crippen LogP contribution in [0.15, 0.2) is 22.9 Å². The van der Waals surface area contributed by atoms with E-state index in [0.717, 1.165) is 22.2 Å². The Kier molecular flexibility index (Phi) is 2.56. The summed E-state index contributed by atoms with van der Waals surface area (Å²) in [6.45, 7) is 2.71. The summed E-state index contributed by atoms with van der Waals surface area (Å²) in [4.78, 5) is 4.36. The molecule has 14 heavy (non-hydrogen) atoms. The molecule has 0 fully saturated rings. The van der Waals surface area contributed by atoms with Gasteiger partial charge in [0.25, 0.3) is 0 Å². The van der Waals surface area contributed by atoms with Gasteiger partial charge in [-0.25, -0.2) is 4.98 Å². The van der Waals surface area contributed by atoms with Crippen molar-refractivity contribution in [2.24, 2.45) is 5.73 Å². The summed E-state index contributed by atoms with van der Waals surface area (Å²) in [5.41, 5.74) is 8.87. The zero-order valence-electron chi connectivity index (χ0n) is 8.00. The maximum absolute atomic E-state index is 5.53. The van der Waals surface area contributed by atoms with Crippen molar-refractivity contribution in [3.8, 4) is 0 Å². The van der Waals surface area contributed by atoms with E-state index in [1.807, 2.05) is 12.4 Å². The van der Waals surface area contributed by atoms with Gasteiger partial charge in [-0.2, -0.15) is 0 Å². The van der Waals surface area contributed by atoms with Gasteiger partial charge in [0.2, 0.25) is 0 Å². The van der Waals surface area contributed by atoms with Gasteiger partial charge in [0, 0.05) is 29.0 Å². The lowest BCUT2D eigenvalue weighted by molar-refractivity contribution is 0.902. The molecule has 2 heterocycles. The number of nitrogens with two attached hydrogens (primary N) is 1. The van der Waals surface area contributed by atoms with Crippen LogP contribution in [0.2, 0.25) is 0 Å². The van der Waals surface area contributed by atoms with E-state index in [9.17, 15) is 0 Å². The average Bonchev–Trinajstić information content (AvgIpc) is 2.49. The molecule has 0 aliphatic heterocycles. The maximum atomic E-state index is 5.53. The third-order valence-electron chi connectivity index (χ3n) is 2.23. The second-order valence-electron chi connectivity index (χ2n) is 3.32. The number of nitrogens with zero attached hydrogens (tertiary/aromatic N) is 2. The molecule has 0 saturated carbocycles. The average molecular weight is 254 g/mol. The van der Waals surface area contributed by atoms with Crippen LogP contribution in [0.25, 0.3) is 5.65 Å². The Morgan fingerprint density at radius 3 is 3.07 bits per heavy atom. The van der Waals surface area contributed by atoms with Crippen LogP contribution in [0.3, 0.4) is 0 Å². The highest BCUT2D eigenvalue weighted by atomic mass is 79.9. The first kappa shape index (κ1) is 9.68. The summed E-state index contributed by atoms with van der Waals surface area (Å²) in [5, 5.41) is 0. The quantitative estimate of drug-likeness (QED) is 0.889. The summed E-state index contributed by atoms with van der Waals surface area (Å²) in [7, 11) is 0. The number of hydrogen-bond donors (Lipinski definition) is 1. The van der Waals surface area contributed by atoms with Gasteiger partial charge in [-0.1, -0.05) is 0 Å². The molecule has 0 bridgehead atoms. The summed E-state index contributed by atoms with van der Waals surface area (Å²) >= 11 is 3.47. The lowest BCUT2D eigenvalue weighted by Crippen LogP contribution is -2.05. The van der Waals surface area contributed by atoms with Crippen molar-refractivity contribution < 1.29 is 0 Å². The Hall–Kier alpha value is -0.870. The normalized spacial score (nSPS) is 11.1. The molecule has 0 amide bonds. The lowest BCUT2D eigenvalue weighted by atomic mass is 10.3. The molecule has 0 spiro atoms. The monoisotopic (exact) mass is 253 g/mol. The summed E-state index contributed by atoms with van der Waals surface area (Å²) in [6, 6.07) is 2.06. The molecule has 0 unspecified atom stereocenters. The number of aromatic nitrogens is 2. The zero-order valence-corrected chi connectivity index (χ0v) is 9.58. The largest absolute Gasteiger partial charge is 0.330 e. The Balaban J connectivity index is 2.66. The minimum absolute atomic E-state index is 0.652. The fourth-order valence-electron chi connectivity index (χ4n) is 1.60. The SMILES string of the molecule is Cc1cc(Br)cn2c(CCN)cnc12. The summed E-state index contributed by atoms with van der Waals surface area (Å²) in [5.74, 6) is 0. The number of fused-ring (bicyclic) bond motifs is 1. The Labute approximate surface area is 91.1 Å². The smallest absolute Gasteiger partial charge is 0.139 e. The van der Waals surface area contributed by atoms with E-state index < -0.39 is 0 Å². The number of aryl methyl sites for hydroxylation is 1. The molecule has 4 heteroatoms. The molecule has 3 nitrogen and oxygen atoms in total. The van der Waals surface area contributed by atoms with Gasteiger partial charge in [-0.3, -0.25) is 0 Å². The van der Waals surface area contributed by atoms with Crippen LogP contribution in [0.4, 0.5) is 0 Å². The van der Waals surface area contributed by atoms with Gasteiger partial charge in [0.1, 0.15) is 5.65 Å². The van der Waals surface area contributed by atoms with Crippen molar-refractivity contribution in [1.29, 1.82) is 0 Å². The second kappa shape index (κ2) is 3.71. The number of rotatable bonds is 2. The number of hydrogen-bond acceptors (Lipinski definition) is 2. The molecule has 0 radical (unpaired) electrons. The Bertz CT molecular complexity index is 462. The second-order valence-corrected chi connectivity index (χ2v) is 4.24. The molecular weight excluding hydrogens is 242 g/mol. The van der Waals surface area contributed by atoms with Crippen molar-refractivity contribution in [3.05, 3.63) is 34.2 Å². The van der Waals surface area contributed by atoms with E-state index in [4.69, 9.17) is 5.73 Å². The third-order valence-corrected chi connectivity index (χ3v) is 2.67. The van der Waals surface area contributed by atoms with E-state index in [1.54, 1.807) is 0 Å². The van der Waals surface area contributed by atoms with E-state index in [-0.39, 0.29) is 0 Å². The molecular formula is C10H12BrN3. The minimum atomic E-state index is 0.652. The van der Waals surface area contributed by atoms with E-state index >= 15 is 0 Å². The number of imidazole rings is 1. The van der Waals surface area contributed by atoms with Crippen molar-refractivity contribution in [2.75, 3.05) is 6.54 Å². The first-order valence-electron chi connectivity index (χ1n) is 4.54. The Morgan fingerprint density at radius 1 is 1.57 bits per heavy atom. The highest BCUT2D eigenvalue weighted by Crippen LogP contribution is 2.17. The molecule has 0 saturated heterocycles. The predicted octanol–water partition coefficient (Wildman–Crippen LogP) is 1.91. The van der Waals surface area contributed by atoms with Gasteiger partial charge in [-0.05, 0) is 41.0 Å². The van der Waals surface area contributed by atoms with Gasteiger partial charge >= 0.3 is 0 Å². The third kappa shape index (κ3) is 1.55. The summed E-state index contributed by atoms with van der Waals surface area (Å²) < 4.78 is 3.16. The van der Waals surface area contributed by atoms with E-state index in [2.05, 4.69) is 38.3 Å². The van der Waals surface area contributed by atoms with Crippen molar-refractivity contribution >= 4 is 21.6 Å². The molecule has 0 aliphatic rings. The van der Waals surface area contributed by atoms with Crippen LogP contribution in [0, 0.1) is 6.92 Å². The van der Waals surface area contributed by atoms with Crippen molar-refractivity contribution in [2.45, 2.75) is 13.3 Å². The van der Waals surface area contributed by atoms with Gasteiger partial charge < -0.3 is 10.1 Å². The summed E-state index contributed by atoms with van der Waals surface area (Å²) in [6.07, 6.45) is 4.78. The molecule has 74 valence electrons. The first-order valence-corrected chi connectivity index (χ1v) is 5.34. The van der Waals surface area contributed by atoms with Crippen molar-refractivity contribution in [3.63, 3.8) is 0 Å². The number of pyridine rings is 1. The molecule has 0 aliphatic carbocycles. The van der Waals surface area contributed by atoms with Crippen LogP contribution in [-0.4, -0.2) is 15.9 Å². The van der Waals surface area contributed by atoms with Gasteiger partial charge in [0.05, 0.1) is 0 Å². The molecule has 0 aromatic carbocycles. The lowest BCUT2D eigenvalue weighted by Gasteiger charge is -2.02. The highest BCUT2D eigenvalue weighted by Gasteiger charge is 2.05. The van der Waals surface area contributed by atoms with E-state index in [0.29, 0.717) is 6.54 Å². The standard InChI is InChI=1S/C10H12BrN3/c1-7-4-8(11)6-14-9(2-3-12)5-13-10(7)14/h4-6H,2-3,12H2,1H3. The van der Waals surface area contributed by atoms with Gasteiger partial charge in [-0.15, -0.1) is 0 Å². The predicted molar refractivity (Wildman–Crippen MR) is 60.4 cm³/mol. The topological polar surface area (TPSA) is 43.3 Å². The van der Waals surface area contributed by atoms with Crippen LogP contribution in [0.1, 0.15) is 11.3 Å². The molecule has 2 aromatic heterocycles. The highest BCUT2D eigenvalue weighted by molar-refractivity contribution is 9.10. The Morgan fingerprint density at radius 2 is 2.36 bits per heavy atom. The first-order chi connectivity index (χ1) is 6.72.